The highest BCUT2D eigenvalue weighted by molar-refractivity contribution is 7.98. The topological polar surface area (TPSA) is 34.1 Å². The third kappa shape index (κ3) is 2.73. The third-order valence-electron chi connectivity index (χ3n) is 2.94. The molecule has 5 heteroatoms. The van der Waals surface area contributed by atoms with Gasteiger partial charge >= 0.3 is 0 Å². The van der Waals surface area contributed by atoms with Gasteiger partial charge in [0.2, 0.25) is 0 Å². The van der Waals surface area contributed by atoms with Crippen molar-refractivity contribution in [3.8, 4) is 5.75 Å². The molecule has 0 unspecified atom stereocenters. The number of methoxy groups -OCH3 is 1. The zero-order valence-electron chi connectivity index (χ0n) is 11.2. The van der Waals surface area contributed by atoms with E-state index in [2.05, 4.69) is 34.8 Å². The number of rotatable bonds is 4. The van der Waals surface area contributed by atoms with Gasteiger partial charge in [0.1, 0.15) is 5.75 Å². The first-order chi connectivity index (χ1) is 9.78. The monoisotopic (exact) mass is 302 g/mol. The first-order valence-corrected chi connectivity index (χ1v) is 8.18. The summed E-state index contributed by atoms with van der Waals surface area (Å²) in [6.07, 6.45) is 2.08. The lowest BCUT2D eigenvalue weighted by Gasteiger charge is -2.03. The minimum Gasteiger partial charge on any atom is -0.497 e. The summed E-state index contributed by atoms with van der Waals surface area (Å²) in [5.41, 5.74) is 2.04. The van der Waals surface area contributed by atoms with Crippen LogP contribution in [0.4, 0.5) is 10.8 Å². The molecule has 0 amide bonds. The summed E-state index contributed by atoms with van der Waals surface area (Å²) in [7, 11) is 1.67. The van der Waals surface area contributed by atoms with E-state index < -0.39 is 0 Å². The highest BCUT2D eigenvalue weighted by Crippen LogP contribution is 2.31. The summed E-state index contributed by atoms with van der Waals surface area (Å²) >= 11 is 3.41. The number of thiazole rings is 1. The SMILES string of the molecule is COc1ccc(Nc2nc3ccc(SC)cc3s2)cc1. The second-order valence-corrected chi connectivity index (χ2v) is 6.12. The van der Waals surface area contributed by atoms with E-state index in [1.807, 2.05) is 24.3 Å². The largest absolute Gasteiger partial charge is 0.497 e. The molecule has 1 aromatic heterocycles. The van der Waals surface area contributed by atoms with Crippen molar-refractivity contribution in [2.45, 2.75) is 4.90 Å². The zero-order valence-corrected chi connectivity index (χ0v) is 12.8. The highest BCUT2D eigenvalue weighted by Gasteiger charge is 2.05. The van der Waals surface area contributed by atoms with Crippen molar-refractivity contribution >= 4 is 44.1 Å². The Balaban J connectivity index is 1.86. The minimum absolute atomic E-state index is 0.851. The molecule has 1 N–H and O–H groups in total. The van der Waals surface area contributed by atoms with Gasteiger partial charge in [-0.1, -0.05) is 11.3 Å². The molecule has 0 saturated carbocycles. The summed E-state index contributed by atoms with van der Waals surface area (Å²) in [4.78, 5) is 5.85. The van der Waals surface area contributed by atoms with Gasteiger partial charge in [-0.2, -0.15) is 0 Å². The Labute approximate surface area is 126 Å². The molecule has 3 rings (SSSR count). The Morgan fingerprint density at radius 2 is 1.95 bits per heavy atom. The van der Waals surface area contributed by atoms with Gasteiger partial charge < -0.3 is 10.1 Å². The molecule has 0 fully saturated rings. The molecule has 3 aromatic rings. The smallest absolute Gasteiger partial charge is 0.188 e. The summed E-state index contributed by atoms with van der Waals surface area (Å²) in [6.45, 7) is 0. The fraction of sp³-hybridized carbons (Fsp3) is 0.133. The fourth-order valence-electron chi connectivity index (χ4n) is 1.88. The molecule has 20 heavy (non-hydrogen) atoms. The van der Waals surface area contributed by atoms with E-state index in [0.717, 1.165) is 22.1 Å². The minimum atomic E-state index is 0.851. The molecule has 102 valence electrons. The molecule has 0 aliphatic heterocycles. The average Bonchev–Trinajstić information content (AvgIpc) is 2.89. The molecular formula is C15H14N2OS2. The van der Waals surface area contributed by atoms with Crippen LogP contribution in [-0.2, 0) is 0 Å². The lowest BCUT2D eigenvalue weighted by Crippen LogP contribution is -1.89. The van der Waals surface area contributed by atoms with Crippen LogP contribution in [0.5, 0.6) is 5.75 Å². The van der Waals surface area contributed by atoms with Crippen molar-refractivity contribution in [1.82, 2.24) is 4.98 Å². The van der Waals surface area contributed by atoms with Crippen LogP contribution in [-0.4, -0.2) is 18.3 Å². The first kappa shape index (κ1) is 13.3. The molecule has 3 nitrogen and oxygen atoms in total. The normalized spacial score (nSPS) is 10.7. The quantitative estimate of drug-likeness (QED) is 0.704. The van der Waals surface area contributed by atoms with Crippen LogP contribution in [0.3, 0.4) is 0 Å². The third-order valence-corrected chi connectivity index (χ3v) is 4.60. The number of nitrogens with zero attached hydrogens (tertiary/aromatic N) is 1. The van der Waals surface area contributed by atoms with E-state index in [4.69, 9.17) is 4.74 Å². The second-order valence-electron chi connectivity index (χ2n) is 4.21. The maximum atomic E-state index is 5.15. The number of hydrogen-bond acceptors (Lipinski definition) is 5. The number of nitrogens with one attached hydrogen (secondary N) is 1. The molecule has 0 radical (unpaired) electrons. The van der Waals surface area contributed by atoms with Crippen molar-refractivity contribution in [3.63, 3.8) is 0 Å². The van der Waals surface area contributed by atoms with Crippen molar-refractivity contribution in [2.75, 3.05) is 18.7 Å². The molecular weight excluding hydrogens is 288 g/mol. The predicted octanol–water partition coefficient (Wildman–Crippen LogP) is 4.77. The number of benzene rings is 2. The highest BCUT2D eigenvalue weighted by atomic mass is 32.2. The summed E-state index contributed by atoms with van der Waals surface area (Å²) < 4.78 is 6.35. The average molecular weight is 302 g/mol. The molecule has 2 aromatic carbocycles. The number of hydrogen-bond donors (Lipinski definition) is 1. The van der Waals surface area contributed by atoms with Crippen LogP contribution in [0.2, 0.25) is 0 Å². The molecule has 0 spiro atoms. The lowest BCUT2D eigenvalue weighted by molar-refractivity contribution is 0.415. The standard InChI is InChI=1S/C15H14N2OS2/c1-18-11-5-3-10(4-6-11)16-15-17-13-8-7-12(19-2)9-14(13)20-15/h3-9H,1-2H3,(H,16,17). The van der Waals surface area contributed by atoms with E-state index in [1.165, 1.54) is 9.60 Å². The van der Waals surface area contributed by atoms with Crippen molar-refractivity contribution in [2.24, 2.45) is 0 Å². The van der Waals surface area contributed by atoms with E-state index in [9.17, 15) is 0 Å². The molecule has 1 heterocycles. The van der Waals surface area contributed by atoms with Gasteiger partial charge in [-0.05, 0) is 48.7 Å². The Morgan fingerprint density at radius 3 is 2.65 bits per heavy atom. The Kier molecular flexibility index (Phi) is 3.80. The number of ether oxygens (including phenoxy) is 1. The van der Waals surface area contributed by atoms with Crippen LogP contribution in [0, 0.1) is 0 Å². The predicted molar refractivity (Wildman–Crippen MR) is 87.7 cm³/mol. The van der Waals surface area contributed by atoms with Gasteiger partial charge in [-0.3, -0.25) is 0 Å². The molecule has 0 aliphatic carbocycles. The summed E-state index contributed by atoms with van der Waals surface area (Å²) in [5, 5.41) is 4.23. The lowest BCUT2D eigenvalue weighted by atomic mass is 10.3. The molecule has 0 aliphatic rings. The van der Waals surface area contributed by atoms with E-state index in [0.29, 0.717) is 0 Å². The Morgan fingerprint density at radius 1 is 1.15 bits per heavy atom. The van der Waals surface area contributed by atoms with Gasteiger partial charge in [-0.15, -0.1) is 11.8 Å². The van der Waals surface area contributed by atoms with Crippen LogP contribution in [0.15, 0.2) is 47.4 Å². The van der Waals surface area contributed by atoms with Crippen molar-refractivity contribution in [1.29, 1.82) is 0 Å². The Bertz CT molecular complexity index is 722. The van der Waals surface area contributed by atoms with Crippen LogP contribution in [0.25, 0.3) is 10.2 Å². The van der Waals surface area contributed by atoms with Gasteiger partial charge in [0.25, 0.3) is 0 Å². The maximum Gasteiger partial charge on any atom is 0.188 e. The molecule has 0 saturated heterocycles. The van der Waals surface area contributed by atoms with Gasteiger partial charge in [-0.25, -0.2) is 4.98 Å². The van der Waals surface area contributed by atoms with Gasteiger partial charge in [0.05, 0.1) is 17.3 Å². The van der Waals surface area contributed by atoms with E-state index in [-0.39, 0.29) is 0 Å². The van der Waals surface area contributed by atoms with E-state index in [1.54, 1.807) is 30.2 Å². The molecule has 0 atom stereocenters. The van der Waals surface area contributed by atoms with Crippen molar-refractivity contribution < 1.29 is 4.74 Å². The van der Waals surface area contributed by atoms with E-state index >= 15 is 0 Å². The van der Waals surface area contributed by atoms with Gasteiger partial charge in [0.15, 0.2) is 5.13 Å². The van der Waals surface area contributed by atoms with Gasteiger partial charge in [0, 0.05) is 10.6 Å². The second kappa shape index (κ2) is 5.73. The first-order valence-electron chi connectivity index (χ1n) is 6.14. The maximum absolute atomic E-state index is 5.15. The van der Waals surface area contributed by atoms with Crippen LogP contribution in [0.1, 0.15) is 0 Å². The number of anilines is 2. The zero-order chi connectivity index (χ0) is 13.9. The Hall–Kier alpha value is -1.72. The fourth-order valence-corrected chi connectivity index (χ4v) is 3.32. The summed E-state index contributed by atoms with van der Waals surface area (Å²) in [6, 6.07) is 14.2. The van der Waals surface area contributed by atoms with Crippen LogP contribution >= 0.6 is 23.1 Å². The van der Waals surface area contributed by atoms with Crippen LogP contribution < -0.4 is 10.1 Å². The number of thioether (sulfide) groups is 1. The summed E-state index contributed by atoms with van der Waals surface area (Å²) in [5.74, 6) is 0.851. The number of aromatic nitrogens is 1. The molecule has 0 bridgehead atoms. The number of fused-ring (bicyclic) bond motifs is 1. The van der Waals surface area contributed by atoms with Crippen molar-refractivity contribution in [3.05, 3.63) is 42.5 Å².